The molecule has 2 aromatic rings. The van der Waals surface area contributed by atoms with Crippen LogP contribution in [0.1, 0.15) is 6.42 Å². The van der Waals surface area contributed by atoms with Crippen LogP contribution in [0.15, 0.2) is 53.4 Å². The van der Waals surface area contributed by atoms with Crippen LogP contribution in [0, 0.1) is 5.82 Å². The highest BCUT2D eigenvalue weighted by atomic mass is 35.5. The van der Waals surface area contributed by atoms with Crippen LogP contribution in [-0.2, 0) is 4.79 Å². The number of rotatable bonds is 5. The van der Waals surface area contributed by atoms with E-state index in [2.05, 4.69) is 5.32 Å². The van der Waals surface area contributed by atoms with Crippen molar-refractivity contribution in [2.24, 2.45) is 0 Å². The molecule has 0 radical (unpaired) electrons. The van der Waals surface area contributed by atoms with Crippen LogP contribution in [0.25, 0.3) is 0 Å². The van der Waals surface area contributed by atoms with E-state index >= 15 is 0 Å². The average molecular weight is 310 g/mol. The highest BCUT2D eigenvalue weighted by Crippen LogP contribution is 2.26. The Kier molecular flexibility index (Phi) is 5.44. The fourth-order valence-corrected chi connectivity index (χ4v) is 2.79. The number of hydrogen-bond donors (Lipinski definition) is 1. The zero-order valence-electron chi connectivity index (χ0n) is 10.6. The monoisotopic (exact) mass is 309 g/mol. The van der Waals surface area contributed by atoms with E-state index in [9.17, 15) is 9.18 Å². The van der Waals surface area contributed by atoms with Crippen molar-refractivity contribution in [2.75, 3.05) is 11.1 Å². The number of benzene rings is 2. The van der Waals surface area contributed by atoms with E-state index in [0.29, 0.717) is 22.9 Å². The van der Waals surface area contributed by atoms with Gasteiger partial charge in [0, 0.05) is 22.8 Å². The number of thioether (sulfide) groups is 1. The van der Waals surface area contributed by atoms with E-state index in [4.69, 9.17) is 11.6 Å². The summed E-state index contributed by atoms with van der Waals surface area (Å²) < 4.78 is 13.0. The topological polar surface area (TPSA) is 29.1 Å². The van der Waals surface area contributed by atoms with Crippen molar-refractivity contribution in [1.82, 2.24) is 0 Å². The first kappa shape index (κ1) is 14.9. The van der Waals surface area contributed by atoms with Gasteiger partial charge >= 0.3 is 0 Å². The summed E-state index contributed by atoms with van der Waals surface area (Å²) in [6.45, 7) is 0. The second kappa shape index (κ2) is 7.31. The lowest BCUT2D eigenvalue weighted by atomic mass is 10.3. The van der Waals surface area contributed by atoms with Crippen molar-refractivity contribution in [1.29, 1.82) is 0 Å². The normalized spacial score (nSPS) is 10.3. The van der Waals surface area contributed by atoms with Crippen LogP contribution in [-0.4, -0.2) is 11.7 Å². The van der Waals surface area contributed by atoms with Crippen molar-refractivity contribution < 1.29 is 9.18 Å². The molecule has 0 bridgehead atoms. The lowest BCUT2D eigenvalue weighted by Gasteiger charge is -2.06. The van der Waals surface area contributed by atoms with E-state index in [0.717, 1.165) is 4.90 Å². The van der Waals surface area contributed by atoms with Crippen molar-refractivity contribution in [3.63, 3.8) is 0 Å². The molecule has 1 amide bonds. The molecule has 2 nitrogen and oxygen atoms in total. The number of hydrogen-bond acceptors (Lipinski definition) is 2. The van der Waals surface area contributed by atoms with Gasteiger partial charge < -0.3 is 5.32 Å². The number of carbonyl (C=O) groups excluding carboxylic acids is 1. The molecule has 20 heavy (non-hydrogen) atoms. The molecule has 2 aromatic carbocycles. The molecule has 0 aromatic heterocycles. The van der Waals surface area contributed by atoms with E-state index in [1.54, 1.807) is 12.1 Å². The highest BCUT2D eigenvalue weighted by Gasteiger charge is 2.05. The van der Waals surface area contributed by atoms with Crippen molar-refractivity contribution in [2.45, 2.75) is 11.3 Å². The molecule has 0 atom stereocenters. The molecule has 2 rings (SSSR count). The summed E-state index contributed by atoms with van der Waals surface area (Å²) in [4.78, 5) is 12.7. The van der Waals surface area contributed by atoms with E-state index in [1.165, 1.54) is 23.9 Å². The van der Waals surface area contributed by atoms with E-state index < -0.39 is 0 Å². The van der Waals surface area contributed by atoms with Gasteiger partial charge in [-0.15, -0.1) is 11.8 Å². The van der Waals surface area contributed by atoms with Crippen LogP contribution in [0.5, 0.6) is 0 Å². The summed E-state index contributed by atoms with van der Waals surface area (Å²) in [5.41, 5.74) is 0.470. The number of halogens is 2. The summed E-state index contributed by atoms with van der Waals surface area (Å²) in [6, 6.07) is 13.3. The Morgan fingerprint density at radius 2 is 2.00 bits per heavy atom. The van der Waals surface area contributed by atoms with Crippen LogP contribution >= 0.6 is 23.4 Å². The molecule has 0 heterocycles. The Balaban J connectivity index is 1.80. The molecule has 0 unspecified atom stereocenters. The van der Waals surface area contributed by atoms with Gasteiger partial charge in [0.05, 0.1) is 5.02 Å². The summed E-state index contributed by atoms with van der Waals surface area (Å²) >= 11 is 7.55. The molecule has 0 fully saturated rings. The molecule has 5 heteroatoms. The lowest BCUT2D eigenvalue weighted by molar-refractivity contribution is -0.115. The maximum Gasteiger partial charge on any atom is 0.225 e. The highest BCUT2D eigenvalue weighted by molar-refractivity contribution is 7.99. The predicted molar refractivity (Wildman–Crippen MR) is 81.8 cm³/mol. The fourth-order valence-electron chi connectivity index (χ4n) is 1.61. The van der Waals surface area contributed by atoms with Crippen LogP contribution in [0.2, 0.25) is 5.02 Å². The number of amides is 1. The first-order chi connectivity index (χ1) is 9.65. The Morgan fingerprint density at radius 1 is 1.20 bits per heavy atom. The third-order valence-corrected chi connectivity index (χ3v) is 4.05. The average Bonchev–Trinajstić information content (AvgIpc) is 2.41. The lowest BCUT2D eigenvalue weighted by Crippen LogP contribution is -2.12. The van der Waals surface area contributed by atoms with Gasteiger partial charge in [0.1, 0.15) is 5.82 Å². The van der Waals surface area contributed by atoms with Gasteiger partial charge in [-0.1, -0.05) is 29.8 Å². The number of nitrogens with one attached hydrogen (secondary N) is 1. The van der Waals surface area contributed by atoms with Crippen LogP contribution < -0.4 is 5.32 Å². The van der Waals surface area contributed by atoms with Crippen molar-refractivity contribution in [3.8, 4) is 0 Å². The minimum Gasteiger partial charge on any atom is -0.326 e. The zero-order valence-corrected chi connectivity index (χ0v) is 12.2. The minimum absolute atomic E-state index is 0.143. The van der Waals surface area contributed by atoms with E-state index in [-0.39, 0.29) is 11.7 Å². The summed E-state index contributed by atoms with van der Waals surface area (Å²) in [5, 5.41) is 3.34. The number of carbonyl (C=O) groups is 1. The predicted octanol–water partition coefficient (Wildman–Crippen LogP) is 4.60. The summed E-state index contributed by atoms with van der Waals surface area (Å²) in [6.07, 6.45) is 0.340. The minimum atomic E-state index is -0.367. The van der Waals surface area contributed by atoms with Gasteiger partial charge in [0.2, 0.25) is 5.91 Å². The summed E-state index contributed by atoms with van der Waals surface area (Å²) in [7, 11) is 0. The van der Waals surface area contributed by atoms with Gasteiger partial charge in [-0.3, -0.25) is 4.79 Å². The van der Waals surface area contributed by atoms with Gasteiger partial charge in [-0.2, -0.15) is 0 Å². The molecule has 1 N–H and O–H groups in total. The standard InChI is InChI=1S/C15H13ClFNOS/c16-13-6-1-2-7-14(13)20-9-8-15(19)18-12-5-3-4-11(17)10-12/h1-7,10H,8-9H2,(H,18,19). The second-order valence-corrected chi connectivity index (χ2v) is 5.63. The molecule has 0 saturated heterocycles. The molecule has 0 aliphatic rings. The third-order valence-electron chi connectivity index (χ3n) is 2.53. The molecule has 0 spiro atoms. The zero-order chi connectivity index (χ0) is 14.4. The quantitative estimate of drug-likeness (QED) is 0.818. The molecule has 0 aliphatic carbocycles. The Labute approximate surface area is 126 Å². The Hall–Kier alpha value is -1.52. The van der Waals surface area contributed by atoms with E-state index in [1.807, 2.05) is 24.3 Å². The molecule has 0 saturated carbocycles. The smallest absolute Gasteiger partial charge is 0.225 e. The van der Waals surface area contributed by atoms with Gasteiger partial charge in [0.25, 0.3) is 0 Å². The first-order valence-corrected chi connectivity index (χ1v) is 7.44. The largest absolute Gasteiger partial charge is 0.326 e. The fraction of sp³-hybridized carbons (Fsp3) is 0.133. The maximum absolute atomic E-state index is 13.0. The molecule has 104 valence electrons. The Morgan fingerprint density at radius 3 is 2.75 bits per heavy atom. The molecular weight excluding hydrogens is 297 g/mol. The van der Waals surface area contributed by atoms with Crippen molar-refractivity contribution in [3.05, 3.63) is 59.4 Å². The second-order valence-electron chi connectivity index (χ2n) is 4.09. The maximum atomic E-state index is 13.0. The first-order valence-electron chi connectivity index (χ1n) is 6.08. The van der Waals surface area contributed by atoms with Gasteiger partial charge in [-0.25, -0.2) is 4.39 Å². The Bertz CT molecular complexity index is 606. The van der Waals surface area contributed by atoms with Gasteiger partial charge in [-0.05, 0) is 30.3 Å². The van der Waals surface area contributed by atoms with Crippen molar-refractivity contribution >= 4 is 35.0 Å². The van der Waals surface area contributed by atoms with Gasteiger partial charge in [0.15, 0.2) is 0 Å². The number of anilines is 1. The summed E-state index contributed by atoms with van der Waals surface area (Å²) in [5.74, 6) is 0.105. The molecular formula is C15H13ClFNOS. The van der Waals surface area contributed by atoms with Crippen LogP contribution in [0.3, 0.4) is 0 Å². The third kappa shape index (κ3) is 4.54. The SMILES string of the molecule is O=C(CCSc1ccccc1Cl)Nc1cccc(F)c1. The molecule has 0 aliphatic heterocycles. The van der Waals surface area contributed by atoms with Crippen LogP contribution in [0.4, 0.5) is 10.1 Å².